The molecule has 1 atom stereocenters. The van der Waals surface area contributed by atoms with Crippen LogP contribution in [0.2, 0.25) is 0 Å². The molecule has 7 heteroatoms. The first-order valence-electron chi connectivity index (χ1n) is 12.1. The number of benzene rings is 2. The van der Waals surface area contributed by atoms with Crippen molar-refractivity contribution in [3.8, 4) is 22.8 Å². The van der Waals surface area contributed by atoms with Gasteiger partial charge >= 0.3 is 0 Å². The lowest BCUT2D eigenvalue weighted by molar-refractivity contribution is 0.0699. The van der Waals surface area contributed by atoms with Crippen LogP contribution in [0.15, 0.2) is 84.5 Å². The molecule has 0 fully saturated rings. The number of nitrogens with zero attached hydrogens (tertiary/aromatic N) is 3. The molecule has 5 aromatic rings. The standard InChI is InChI=1S/C30H25N3O3S/c1-35-26-15-19-11-13-33(29(28-10-6-14-37-28)22(19)17-27(26)36-2)30(34)23-16-25(20-7-5-12-31-18-20)32-24-9-4-3-8-21(23)24/h3-10,12,14-18,29H,11,13H2,1-2H3. The lowest BCUT2D eigenvalue weighted by Crippen LogP contribution is -2.40. The summed E-state index contributed by atoms with van der Waals surface area (Å²) in [6, 6.07) is 21.5. The molecule has 0 bridgehead atoms. The van der Waals surface area contributed by atoms with Crippen molar-refractivity contribution in [3.05, 3.63) is 106 Å². The summed E-state index contributed by atoms with van der Waals surface area (Å²) in [5.74, 6) is 1.33. The molecule has 0 aliphatic carbocycles. The molecule has 3 aromatic heterocycles. The fourth-order valence-corrected chi connectivity index (χ4v) is 5.94. The lowest BCUT2D eigenvalue weighted by Gasteiger charge is -2.37. The van der Waals surface area contributed by atoms with Crippen LogP contribution in [0.1, 0.15) is 32.4 Å². The van der Waals surface area contributed by atoms with E-state index >= 15 is 0 Å². The lowest BCUT2D eigenvalue weighted by atomic mass is 9.90. The first-order valence-corrected chi connectivity index (χ1v) is 12.9. The van der Waals surface area contributed by atoms with E-state index in [0.717, 1.165) is 44.6 Å². The molecule has 0 radical (unpaired) electrons. The highest BCUT2D eigenvalue weighted by Crippen LogP contribution is 2.43. The van der Waals surface area contributed by atoms with Gasteiger partial charge in [0.2, 0.25) is 0 Å². The van der Waals surface area contributed by atoms with Crippen molar-refractivity contribution in [3.63, 3.8) is 0 Å². The smallest absolute Gasteiger partial charge is 0.255 e. The Kier molecular flexibility index (Phi) is 6.06. The van der Waals surface area contributed by atoms with Crippen LogP contribution in [0.25, 0.3) is 22.2 Å². The van der Waals surface area contributed by atoms with Gasteiger partial charge in [0.05, 0.1) is 37.0 Å². The second kappa shape index (κ2) is 9.67. The van der Waals surface area contributed by atoms with Crippen molar-refractivity contribution in [2.45, 2.75) is 12.5 Å². The Balaban J connectivity index is 1.51. The topological polar surface area (TPSA) is 64.6 Å². The fraction of sp³-hybridized carbons (Fsp3) is 0.167. The average Bonchev–Trinajstić information content (AvgIpc) is 3.50. The third-order valence-electron chi connectivity index (χ3n) is 6.85. The molecule has 0 saturated heterocycles. The van der Waals surface area contributed by atoms with Gasteiger partial charge in [-0.05, 0) is 65.4 Å². The van der Waals surface area contributed by atoms with E-state index in [0.29, 0.717) is 23.6 Å². The summed E-state index contributed by atoms with van der Waals surface area (Å²) in [5, 5.41) is 2.89. The fourth-order valence-electron chi connectivity index (χ4n) is 5.09. The Morgan fingerprint density at radius 3 is 2.59 bits per heavy atom. The maximum Gasteiger partial charge on any atom is 0.255 e. The van der Waals surface area contributed by atoms with Crippen LogP contribution >= 0.6 is 11.3 Å². The summed E-state index contributed by atoms with van der Waals surface area (Å²) in [6.07, 6.45) is 4.23. The summed E-state index contributed by atoms with van der Waals surface area (Å²) in [6.45, 7) is 0.586. The van der Waals surface area contributed by atoms with Crippen molar-refractivity contribution in [2.75, 3.05) is 20.8 Å². The predicted molar refractivity (Wildman–Crippen MR) is 145 cm³/mol. The zero-order valence-corrected chi connectivity index (χ0v) is 21.4. The number of carbonyl (C=O) groups excluding carboxylic acids is 1. The molecule has 0 N–H and O–H groups in total. The molecular formula is C30H25N3O3S. The number of hydrogen-bond acceptors (Lipinski definition) is 6. The first-order chi connectivity index (χ1) is 18.2. The zero-order valence-electron chi connectivity index (χ0n) is 20.5. The normalized spacial score (nSPS) is 14.9. The molecule has 184 valence electrons. The van der Waals surface area contributed by atoms with Crippen LogP contribution < -0.4 is 9.47 Å². The Labute approximate surface area is 219 Å². The predicted octanol–water partition coefficient (Wildman–Crippen LogP) is 6.16. The van der Waals surface area contributed by atoms with Crippen LogP contribution in [0.3, 0.4) is 0 Å². The summed E-state index contributed by atoms with van der Waals surface area (Å²) in [7, 11) is 3.28. The number of aromatic nitrogens is 2. The van der Waals surface area contributed by atoms with Gasteiger partial charge in [-0.25, -0.2) is 4.98 Å². The van der Waals surface area contributed by atoms with Crippen LogP contribution in [0.4, 0.5) is 0 Å². The van der Waals surface area contributed by atoms with E-state index in [1.807, 2.05) is 65.6 Å². The van der Waals surface area contributed by atoms with E-state index in [9.17, 15) is 4.79 Å². The molecule has 1 aliphatic rings. The summed E-state index contributed by atoms with van der Waals surface area (Å²) < 4.78 is 11.2. The molecule has 0 saturated carbocycles. The highest BCUT2D eigenvalue weighted by Gasteiger charge is 2.35. The van der Waals surface area contributed by atoms with Gasteiger partial charge in [0, 0.05) is 34.8 Å². The van der Waals surface area contributed by atoms with Crippen molar-refractivity contribution in [1.29, 1.82) is 0 Å². The van der Waals surface area contributed by atoms with Crippen LogP contribution in [-0.4, -0.2) is 41.5 Å². The number of para-hydroxylation sites is 1. The molecule has 1 amide bonds. The highest BCUT2D eigenvalue weighted by molar-refractivity contribution is 7.10. The van der Waals surface area contributed by atoms with Crippen molar-refractivity contribution >= 4 is 28.1 Å². The molecular weight excluding hydrogens is 482 g/mol. The second-order valence-electron chi connectivity index (χ2n) is 8.89. The van der Waals surface area contributed by atoms with Crippen molar-refractivity contribution in [2.24, 2.45) is 0 Å². The maximum absolute atomic E-state index is 14.4. The van der Waals surface area contributed by atoms with Crippen molar-refractivity contribution < 1.29 is 14.3 Å². The zero-order chi connectivity index (χ0) is 25.4. The van der Waals surface area contributed by atoms with Gasteiger partial charge in [0.25, 0.3) is 5.91 Å². The number of amides is 1. The number of rotatable bonds is 5. The highest BCUT2D eigenvalue weighted by atomic mass is 32.1. The van der Waals surface area contributed by atoms with Gasteiger partial charge in [-0.1, -0.05) is 24.3 Å². The van der Waals surface area contributed by atoms with Crippen LogP contribution in [0.5, 0.6) is 11.5 Å². The molecule has 2 aromatic carbocycles. The molecule has 1 aliphatic heterocycles. The number of ether oxygens (including phenoxy) is 2. The molecule has 1 unspecified atom stereocenters. The van der Waals surface area contributed by atoms with E-state index in [1.54, 1.807) is 38.0 Å². The van der Waals surface area contributed by atoms with E-state index in [4.69, 9.17) is 14.5 Å². The Hall–Kier alpha value is -4.23. The van der Waals surface area contributed by atoms with Gasteiger partial charge < -0.3 is 14.4 Å². The third kappa shape index (κ3) is 4.11. The van der Waals surface area contributed by atoms with E-state index < -0.39 is 0 Å². The third-order valence-corrected chi connectivity index (χ3v) is 7.78. The summed E-state index contributed by atoms with van der Waals surface area (Å²) in [4.78, 5) is 26.6. The van der Waals surface area contributed by atoms with Gasteiger partial charge in [0.15, 0.2) is 11.5 Å². The molecule has 6 rings (SSSR count). The first kappa shape index (κ1) is 23.2. The number of hydrogen-bond donors (Lipinski definition) is 0. The van der Waals surface area contributed by atoms with Crippen molar-refractivity contribution in [1.82, 2.24) is 14.9 Å². The molecule has 6 nitrogen and oxygen atoms in total. The summed E-state index contributed by atoms with van der Waals surface area (Å²) >= 11 is 1.65. The molecule has 0 spiro atoms. The maximum atomic E-state index is 14.4. The monoisotopic (exact) mass is 507 g/mol. The van der Waals surface area contributed by atoms with Gasteiger partial charge in [-0.3, -0.25) is 9.78 Å². The largest absolute Gasteiger partial charge is 0.493 e. The van der Waals surface area contributed by atoms with Crippen LogP contribution in [-0.2, 0) is 6.42 Å². The Morgan fingerprint density at radius 2 is 1.84 bits per heavy atom. The number of methoxy groups -OCH3 is 2. The number of carbonyl (C=O) groups is 1. The minimum Gasteiger partial charge on any atom is -0.493 e. The molecule has 37 heavy (non-hydrogen) atoms. The number of pyridine rings is 2. The van der Waals surface area contributed by atoms with Gasteiger partial charge in [0.1, 0.15) is 0 Å². The minimum atomic E-state index is -0.232. The Morgan fingerprint density at radius 1 is 1.00 bits per heavy atom. The Bertz CT molecular complexity index is 1590. The average molecular weight is 508 g/mol. The van der Waals surface area contributed by atoms with Gasteiger partial charge in [-0.15, -0.1) is 11.3 Å². The minimum absolute atomic E-state index is 0.0254. The van der Waals surface area contributed by atoms with E-state index in [1.165, 1.54) is 0 Å². The van der Waals surface area contributed by atoms with E-state index in [-0.39, 0.29) is 11.9 Å². The quantitative estimate of drug-likeness (QED) is 0.285. The van der Waals surface area contributed by atoms with E-state index in [2.05, 4.69) is 16.4 Å². The summed E-state index contributed by atoms with van der Waals surface area (Å²) in [5.41, 5.74) is 5.24. The number of thiophene rings is 1. The second-order valence-corrected chi connectivity index (χ2v) is 9.87. The number of fused-ring (bicyclic) bond motifs is 2. The SMILES string of the molecule is COc1cc2c(cc1OC)C(c1cccs1)N(C(=O)c1cc(-c3cccnc3)nc3ccccc13)CC2. The van der Waals surface area contributed by atoms with Crippen LogP contribution in [0, 0.1) is 0 Å². The van der Waals surface area contributed by atoms with Gasteiger partial charge in [-0.2, -0.15) is 0 Å². The molecule has 4 heterocycles.